The molecule has 8 aromatic carbocycles. The summed E-state index contributed by atoms with van der Waals surface area (Å²) in [5.74, 6) is 1.67. The maximum absolute atomic E-state index is 6.66. The van der Waals surface area contributed by atoms with Gasteiger partial charge in [-0.1, -0.05) is 141 Å². The molecule has 8 aromatic rings. The van der Waals surface area contributed by atoms with Gasteiger partial charge in [0.2, 0.25) is 0 Å². The average molecular weight is 695 g/mol. The molecule has 0 bridgehead atoms. The van der Waals surface area contributed by atoms with E-state index in [0.29, 0.717) is 0 Å². The van der Waals surface area contributed by atoms with Crippen LogP contribution >= 0.6 is 0 Å². The first-order chi connectivity index (χ1) is 26.5. The quantitative estimate of drug-likeness (QED) is 0.178. The van der Waals surface area contributed by atoms with E-state index in [1.165, 1.54) is 44.8 Å². The number of rotatable bonds is 5. The predicted molar refractivity (Wildman–Crippen MR) is 224 cm³/mol. The summed E-state index contributed by atoms with van der Waals surface area (Å²) in [6.07, 6.45) is 0. The summed E-state index contributed by atoms with van der Waals surface area (Å²) >= 11 is 0. The van der Waals surface area contributed by atoms with Crippen molar-refractivity contribution in [2.45, 2.75) is 19.3 Å². The monoisotopic (exact) mass is 694 g/mol. The number of anilines is 6. The topological polar surface area (TPSA) is 15.7 Å². The zero-order valence-electron chi connectivity index (χ0n) is 30.3. The third kappa shape index (κ3) is 5.28. The number of hydrogen-bond donors (Lipinski definition) is 0. The normalized spacial score (nSPS) is 13.6. The average Bonchev–Trinajstić information content (AvgIpc) is 3.23. The Morgan fingerprint density at radius 2 is 0.833 bits per heavy atom. The first-order valence-electron chi connectivity index (χ1n) is 18.6. The van der Waals surface area contributed by atoms with Crippen LogP contribution in [0.2, 0.25) is 0 Å². The van der Waals surface area contributed by atoms with Crippen molar-refractivity contribution in [1.82, 2.24) is 0 Å². The SMILES string of the molecule is CC1(C)c2ccccc2N(c2cccc(-c3ccccc3)c2)c2ccc(-c3ccc4c(c3)Oc3ccccc3N4c3ccc(-c4ccccc4)cc3)cc21. The Labute approximate surface area is 317 Å². The first-order valence-corrected chi connectivity index (χ1v) is 18.6. The summed E-state index contributed by atoms with van der Waals surface area (Å²) in [6, 6.07) is 69.5. The van der Waals surface area contributed by atoms with Gasteiger partial charge in [-0.3, -0.25) is 0 Å². The molecule has 0 aromatic heterocycles. The third-order valence-corrected chi connectivity index (χ3v) is 11.0. The molecular formula is C51H38N2O. The zero-order chi connectivity index (χ0) is 36.2. The van der Waals surface area contributed by atoms with Crippen molar-refractivity contribution >= 4 is 34.1 Å². The molecule has 10 rings (SSSR count). The van der Waals surface area contributed by atoms with Crippen molar-refractivity contribution < 1.29 is 4.74 Å². The molecule has 0 saturated heterocycles. The van der Waals surface area contributed by atoms with Gasteiger partial charge in [-0.25, -0.2) is 0 Å². The number of fused-ring (bicyclic) bond motifs is 4. The summed E-state index contributed by atoms with van der Waals surface area (Å²) < 4.78 is 6.66. The third-order valence-electron chi connectivity index (χ3n) is 11.0. The van der Waals surface area contributed by atoms with Gasteiger partial charge in [-0.15, -0.1) is 0 Å². The van der Waals surface area contributed by atoms with Crippen molar-refractivity contribution in [3.8, 4) is 44.9 Å². The van der Waals surface area contributed by atoms with Gasteiger partial charge in [-0.2, -0.15) is 0 Å². The minimum Gasteiger partial charge on any atom is -0.453 e. The highest BCUT2D eigenvalue weighted by atomic mass is 16.5. The molecule has 3 heteroatoms. The van der Waals surface area contributed by atoms with E-state index >= 15 is 0 Å². The van der Waals surface area contributed by atoms with Crippen LogP contribution in [0.25, 0.3) is 33.4 Å². The number of hydrogen-bond acceptors (Lipinski definition) is 3. The lowest BCUT2D eigenvalue weighted by molar-refractivity contribution is 0.477. The van der Waals surface area contributed by atoms with Crippen LogP contribution in [0.3, 0.4) is 0 Å². The molecule has 0 saturated carbocycles. The first kappa shape index (κ1) is 31.9. The maximum Gasteiger partial charge on any atom is 0.152 e. The van der Waals surface area contributed by atoms with Crippen molar-refractivity contribution in [3.05, 3.63) is 205 Å². The highest BCUT2D eigenvalue weighted by Crippen LogP contribution is 2.54. The van der Waals surface area contributed by atoms with Crippen LogP contribution in [-0.4, -0.2) is 0 Å². The van der Waals surface area contributed by atoms with Crippen LogP contribution < -0.4 is 14.5 Å². The van der Waals surface area contributed by atoms with Crippen LogP contribution in [0, 0.1) is 0 Å². The Morgan fingerprint density at radius 1 is 0.333 bits per heavy atom. The fourth-order valence-corrected chi connectivity index (χ4v) is 8.26. The second-order valence-electron chi connectivity index (χ2n) is 14.6. The van der Waals surface area contributed by atoms with E-state index in [4.69, 9.17) is 4.74 Å². The Balaban J connectivity index is 1.06. The Bertz CT molecular complexity index is 2660. The molecule has 0 amide bonds. The molecule has 2 heterocycles. The molecule has 258 valence electrons. The molecule has 0 N–H and O–H groups in total. The Morgan fingerprint density at radius 3 is 1.59 bits per heavy atom. The molecule has 54 heavy (non-hydrogen) atoms. The van der Waals surface area contributed by atoms with E-state index < -0.39 is 0 Å². The van der Waals surface area contributed by atoms with Gasteiger partial charge in [0.1, 0.15) is 0 Å². The highest BCUT2D eigenvalue weighted by Gasteiger charge is 2.37. The summed E-state index contributed by atoms with van der Waals surface area (Å²) in [7, 11) is 0. The lowest BCUT2D eigenvalue weighted by Crippen LogP contribution is -2.30. The summed E-state index contributed by atoms with van der Waals surface area (Å²) in [5, 5.41) is 0. The predicted octanol–water partition coefficient (Wildman–Crippen LogP) is 14.4. The van der Waals surface area contributed by atoms with Gasteiger partial charge in [0.15, 0.2) is 11.5 Å². The van der Waals surface area contributed by atoms with Crippen LogP contribution in [0.4, 0.5) is 34.1 Å². The number of ether oxygens (including phenoxy) is 1. The molecule has 0 unspecified atom stereocenters. The van der Waals surface area contributed by atoms with Crippen LogP contribution in [0.5, 0.6) is 11.5 Å². The second-order valence-corrected chi connectivity index (χ2v) is 14.6. The summed E-state index contributed by atoms with van der Waals surface area (Å²) in [6.45, 7) is 4.69. The summed E-state index contributed by atoms with van der Waals surface area (Å²) in [4.78, 5) is 4.74. The van der Waals surface area contributed by atoms with Gasteiger partial charge < -0.3 is 14.5 Å². The van der Waals surface area contributed by atoms with E-state index in [2.05, 4.69) is 212 Å². The maximum atomic E-state index is 6.66. The second kappa shape index (κ2) is 12.7. The lowest BCUT2D eigenvalue weighted by atomic mass is 9.73. The Hall–Kier alpha value is -6.84. The molecule has 2 aliphatic rings. The smallest absolute Gasteiger partial charge is 0.152 e. The number of para-hydroxylation sites is 3. The van der Waals surface area contributed by atoms with Crippen molar-refractivity contribution in [1.29, 1.82) is 0 Å². The lowest BCUT2D eigenvalue weighted by Gasteiger charge is -2.42. The van der Waals surface area contributed by atoms with E-state index in [9.17, 15) is 0 Å². The largest absolute Gasteiger partial charge is 0.453 e. The van der Waals surface area contributed by atoms with Gasteiger partial charge in [0, 0.05) is 16.8 Å². The summed E-state index contributed by atoms with van der Waals surface area (Å²) in [5.41, 5.74) is 16.1. The van der Waals surface area contributed by atoms with Crippen molar-refractivity contribution in [2.75, 3.05) is 9.80 Å². The van der Waals surface area contributed by atoms with E-state index in [0.717, 1.165) is 45.4 Å². The van der Waals surface area contributed by atoms with Gasteiger partial charge in [-0.05, 0) is 111 Å². The highest BCUT2D eigenvalue weighted by molar-refractivity contribution is 5.91. The number of benzene rings is 8. The van der Waals surface area contributed by atoms with Crippen molar-refractivity contribution in [3.63, 3.8) is 0 Å². The van der Waals surface area contributed by atoms with E-state index in [1.807, 2.05) is 6.07 Å². The fraction of sp³-hybridized carbons (Fsp3) is 0.0588. The molecule has 0 fully saturated rings. The van der Waals surface area contributed by atoms with Gasteiger partial charge >= 0.3 is 0 Å². The minimum atomic E-state index is -0.220. The fourth-order valence-electron chi connectivity index (χ4n) is 8.26. The minimum absolute atomic E-state index is 0.220. The molecular weight excluding hydrogens is 657 g/mol. The molecule has 0 spiro atoms. The Kier molecular flexibility index (Phi) is 7.48. The molecule has 0 aliphatic carbocycles. The van der Waals surface area contributed by atoms with Crippen LogP contribution in [0.1, 0.15) is 25.0 Å². The molecule has 3 nitrogen and oxygen atoms in total. The van der Waals surface area contributed by atoms with Crippen LogP contribution in [-0.2, 0) is 5.41 Å². The number of nitrogens with zero attached hydrogens (tertiary/aromatic N) is 2. The van der Waals surface area contributed by atoms with Crippen LogP contribution in [0.15, 0.2) is 194 Å². The standard InChI is InChI=1S/C51H38N2O/c1-51(2)43-20-9-10-21-45(43)53(42-19-13-18-38(32-42)36-16-7-4-8-17-36)46-30-26-39(33-44(46)51)40-27-31-48-50(34-40)54-49-23-12-11-22-47(49)52(48)41-28-24-37(25-29-41)35-14-5-3-6-15-35/h3-34H,1-2H3. The van der Waals surface area contributed by atoms with Gasteiger partial charge in [0.05, 0.1) is 22.7 Å². The molecule has 2 aliphatic heterocycles. The molecule has 0 radical (unpaired) electrons. The zero-order valence-corrected chi connectivity index (χ0v) is 30.3. The van der Waals surface area contributed by atoms with E-state index in [-0.39, 0.29) is 5.41 Å². The van der Waals surface area contributed by atoms with Crippen molar-refractivity contribution in [2.24, 2.45) is 0 Å². The van der Waals surface area contributed by atoms with E-state index in [1.54, 1.807) is 0 Å². The molecule has 0 atom stereocenters. The van der Waals surface area contributed by atoms with Gasteiger partial charge in [0.25, 0.3) is 0 Å².